The summed E-state index contributed by atoms with van der Waals surface area (Å²) < 4.78 is 41.9. The van der Waals surface area contributed by atoms with E-state index in [2.05, 4.69) is 20.1 Å². The molecule has 0 spiro atoms. The van der Waals surface area contributed by atoms with Crippen molar-refractivity contribution in [2.75, 3.05) is 13.1 Å². The molecular weight excluding hydrogens is 333 g/mol. The van der Waals surface area contributed by atoms with E-state index in [1.807, 2.05) is 0 Å². The van der Waals surface area contributed by atoms with E-state index in [0.29, 0.717) is 18.7 Å². The zero-order valence-electron chi connectivity index (χ0n) is 13.3. The molecule has 0 amide bonds. The molecule has 3 heterocycles. The van der Waals surface area contributed by atoms with Crippen molar-refractivity contribution in [1.82, 2.24) is 24.8 Å². The lowest BCUT2D eigenvalue weighted by Gasteiger charge is -2.25. The van der Waals surface area contributed by atoms with Crippen molar-refractivity contribution in [2.45, 2.75) is 31.1 Å². The van der Waals surface area contributed by atoms with E-state index in [1.165, 1.54) is 10.9 Å². The number of aromatic nitrogens is 3. The SMILES string of the molecule is C[C@H](NS(=O)(=O)C1CCNCC1)c1ccc(-n2cc(F)cn2)nc1. The van der Waals surface area contributed by atoms with Crippen molar-refractivity contribution < 1.29 is 12.8 Å². The first kappa shape index (κ1) is 17.0. The number of sulfonamides is 1. The highest BCUT2D eigenvalue weighted by atomic mass is 32.2. The van der Waals surface area contributed by atoms with E-state index in [0.717, 1.165) is 24.8 Å². The number of nitrogens with zero attached hydrogens (tertiary/aromatic N) is 3. The summed E-state index contributed by atoms with van der Waals surface area (Å²) in [7, 11) is -3.37. The normalized spacial score (nSPS) is 17.8. The van der Waals surface area contributed by atoms with Crippen LogP contribution in [0.15, 0.2) is 30.7 Å². The molecule has 0 bridgehead atoms. The first-order chi connectivity index (χ1) is 11.5. The van der Waals surface area contributed by atoms with Crippen LogP contribution in [0, 0.1) is 5.82 Å². The fraction of sp³-hybridized carbons (Fsp3) is 0.467. The Bertz CT molecular complexity index is 784. The van der Waals surface area contributed by atoms with Crippen LogP contribution in [0.4, 0.5) is 4.39 Å². The van der Waals surface area contributed by atoms with Crippen molar-refractivity contribution in [1.29, 1.82) is 0 Å². The molecule has 2 aromatic rings. The van der Waals surface area contributed by atoms with E-state index >= 15 is 0 Å². The summed E-state index contributed by atoms with van der Waals surface area (Å²) in [6.45, 7) is 3.22. The molecule has 0 unspecified atom stereocenters. The lowest BCUT2D eigenvalue weighted by atomic mass is 10.1. The number of halogens is 1. The monoisotopic (exact) mass is 353 g/mol. The maximum Gasteiger partial charge on any atom is 0.215 e. The Morgan fingerprint density at radius 2 is 2.08 bits per heavy atom. The highest BCUT2D eigenvalue weighted by Gasteiger charge is 2.28. The number of pyridine rings is 1. The minimum atomic E-state index is -3.37. The molecule has 1 saturated heterocycles. The second kappa shape index (κ2) is 6.96. The zero-order valence-corrected chi connectivity index (χ0v) is 14.1. The van der Waals surface area contributed by atoms with E-state index in [1.54, 1.807) is 25.3 Å². The highest BCUT2D eigenvalue weighted by Crippen LogP contribution is 2.18. The molecule has 0 radical (unpaired) electrons. The third-order valence-electron chi connectivity index (χ3n) is 4.12. The molecule has 0 aliphatic carbocycles. The molecule has 7 nitrogen and oxygen atoms in total. The van der Waals surface area contributed by atoms with E-state index in [9.17, 15) is 12.8 Å². The molecule has 2 N–H and O–H groups in total. The Morgan fingerprint density at radius 1 is 1.33 bits per heavy atom. The lowest BCUT2D eigenvalue weighted by Crippen LogP contribution is -2.42. The van der Waals surface area contributed by atoms with Gasteiger partial charge in [-0.05, 0) is 44.5 Å². The first-order valence-corrected chi connectivity index (χ1v) is 9.39. The predicted octanol–water partition coefficient (Wildman–Crippen LogP) is 1.14. The summed E-state index contributed by atoms with van der Waals surface area (Å²) in [5.74, 6) is 0.0278. The molecule has 24 heavy (non-hydrogen) atoms. The maximum absolute atomic E-state index is 13.0. The van der Waals surface area contributed by atoms with Crippen molar-refractivity contribution in [2.24, 2.45) is 0 Å². The molecule has 0 aromatic carbocycles. The van der Waals surface area contributed by atoms with Crippen molar-refractivity contribution in [3.63, 3.8) is 0 Å². The van der Waals surface area contributed by atoms with Gasteiger partial charge in [-0.1, -0.05) is 6.07 Å². The van der Waals surface area contributed by atoms with Gasteiger partial charge in [0.2, 0.25) is 10.0 Å². The van der Waals surface area contributed by atoms with Gasteiger partial charge >= 0.3 is 0 Å². The maximum atomic E-state index is 13.0. The largest absolute Gasteiger partial charge is 0.317 e. The zero-order chi connectivity index (χ0) is 17.2. The summed E-state index contributed by atoms with van der Waals surface area (Å²) in [6.07, 6.45) is 5.13. The average Bonchev–Trinajstić information content (AvgIpc) is 3.02. The minimum absolute atomic E-state index is 0.361. The van der Waals surface area contributed by atoms with Crippen LogP contribution in [0.5, 0.6) is 0 Å². The molecule has 1 aliphatic heterocycles. The molecule has 130 valence electrons. The topological polar surface area (TPSA) is 88.9 Å². The Labute approximate surface area is 140 Å². The molecule has 0 saturated carbocycles. The number of rotatable bonds is 5. The third-order valence-corrected chi connectivity index (χ3v) is 6.15. The van der Waals surface area contributed by atoms with Gasteiger partial charge in [0.05, 0.1) is 17.6 Å². The van der Waals surface area contributed by atoms with E-state index < -0.39 is 15.8 Å². The number of hydrogen-bond donors (Lipinski definition) is 2. The van der Waals surface area contributed by atoms with Crippen LogP contribution in [-0.2, 0) is 10.0 Å². The molecule has 3 rings (SSSR count). The van der Waals surface area contributed by atoms with Crippen LogP contribution in [0.3, 0.4) is 0 Å². The molecular formula is C15H20FN5O2S. The minimum Gasteiger partial charge on any atom is -0.317 e. The van der Waals surface area contributed by atoms with Crippen LogP contribution in [0.25, 0.3) is 5.82 Å². The summed E-state index contributed by atoms with van der Waals surface area (Å²) in [5.41, 5.74) is 0.740. The average molecular weight is 353 g/mol. The Kier molecular flexibility index (Phi) is 4.93. The molecule has 2 aromatic heterocycles. The fourth-order valence-electron chi connectivity index (χ4n) is 2.73. The summed E-state index contributed by atoms with van der Waals surface area (Å²) in [5, 5.41) is 6.64. The predicted molar refractivity (Wildman–Crippen MR) is 87.7 cm³/mol. The molecule has 1 aliphatic rings. The highest BCUT2D eigenvalue weighted by molar-refractivity contribution is 7.90. The van der Waals surface area contributed by atoms with Gasteiger partial charge in [0.25, 0.3) is 0 Å². The van der Waals surface area contributed by atoms with Gasteiger partial charge in [-0.3, -0.25) is 0 Å². The standard InChI is InChI=1S/C15H20FN5O2S/c1-11(20-24(22,23)14-4-6-17-7-5-14)12-2-3-15(18-8-12)21-10-13(16)9-19-21/h2-3,8-11,14,17,20H,4-7H2,1H3/t11-/m0/s1. The van der Waals surface area contributed by atoms with Gasteiger partial charge in [-0.25, -0.2) is 27.2 Å². The Balaban J connectivity index is 1.69. The van der Waals surface area contributed by atoms with Gasteiger partial charge in [-0.2, -0.15) is 5.10 Å². The van der Waals surface area contributed by atoms with E-state index in [-0.39, 0.29) is 11.3 Å². The number of nitrogens with one attached hydrogen (secondary N) is 2. The molecule has 9 heteroatoms. The Morgan fingerprint density at radius 3 is 2.67 bits per heavy atom. The fourth-order valence-corrected chi connectivity index (χ4v) is 4.41. The van der Waals surface area contributed by atoms with Crippen LogP contribution >= 0.6 is 0 Å². The van der Waals surface area contributed by atoms with Crippen LogP contribution in [0.1, 0.15) is 31.4 Å². The van der Waals surface area contributed by atoms with Gasteiger partial charge in [0.15, 0.2) is 11.6 Å². The van der Waals surface area contributed by atoms with Crippen LogP contribution < -0.4 is 10.0 Å². The van der Waals surface area contributed by atoms with Gasteiger partial charge in [0.1, 0.15) is 0 Å². The summed E-state index contributed by atoms with van der Waals surface area (Å²) in [4.78, 5) is 4.21. The quantitative estimate of drug-likeness (QED) is 0.841. The first-order valence-electron chi connectivity index (χ1n) is 7.84. The van der Waals surface area contributed by atoms with E-state index in [4.69, 9.17) is 0 Å². The van der Waals surface area contributed by atoms with Crippen molar-refractivity contribution in [3.05, 3.63) is 42.1 Å². The molecule has 1 atom stereocenters. The third kappa shape index (κ3) is 3.80. The number of hydrogen-bond acceptors (Lipinski definition) is 5. The van der Waals surface area contributed by atoms with Crippen LogP contribution in [-0.4, -0.2) is 41.5 Å². The summed E-state index contributed by atoms with van der Waals surface area (Å²) in [6, 6.07) is 3.05. The second-order valence-corrected chi connectivity index (χ2v) is 7.88. The Hall–Kier alpha value is -1.84. The number of piperidine rings is 1. The van der Waals surface area contributed by atoms with Crippen LogP contribution in [0.2, 0.25) is 0 Å². The lowest BCUT2D eigenvalue weighted by molar-refractivity contribution is 0.484. The second-order valence-electron chi connectivity index (χ2n) is 5.89. The van der Waals surface area contributed by atoms with Gasteiger partial charge in [-0.15, -0.1) is 0 Å². The molecule has 1 fully saturated rings. The van der Waals surface area contributed by atoms with Gasteiger partial charge < -0.3 is 5.32 Å². The smallest absolute Gasteiger partial charge is 0.215 e. The van der Waals surface area contributed by atoms with Crippen molar-refractivity contribution >= 4 is 10.0 Å². The summed E-state index contributed by atoms with van der Waals surface area (Å²) >= 11 is 0. The van der Waals surface area contributed by atoms with Crippen molar-refractivity contribution in [3.8, 4) is 5.82 Å². The van der Waals surface area contributed by atoms with Gasteiger partial charge in [0, 0.05) is 12.2 Å².